The third-order valence-electron chi connectivity index (χ3n) is 2.32. The number of aryl methyl sites for hydroxylation is 1. The minimum Gasteiger partial charge on any atom is -0.374 e. The Labute approximate surface area is 111 Å². The lowest BCUT2D eigenvalue weighted by molar-refractivity contribution is 1.10. The van der Waals surface area contributed by atoms with Gasteiger partial charge in [-0.2, -0.15) is 0 Å². The van der Waals surface area contributed by atoms with Gasteiger partial charge in [0.15, 0.2) is 5.01 Å². The third-order valence-corrected chi connectivity index (χ3v) is 4.40. The normalized spacial score (nSPS) is 10.7. The van der Waals surface area contributed by atoms with Crippen molar-refractivity contribution in [1.82, 2.24) is 20.2 Å². The van der Waals surface area contributed by atoms with Crippen molar-refractivity contribution in [2.45, 2.75) is 6.92 Å². The van der Waals surface area contributed by atoms with Gasteiger partial charge in [0.1, 0.15) is 5.01 Å². The van der Waals surface area contributed by atoms with Crippen LogP contribution in [0.15, 0.2) is 24.4 Å². The summed E-state index contributed by atoms with van der Waals surface area (Å²) in [6.07, 6.45) is 1.76. The van der Waals surface area contributed by atoms with Crippen LogP contribution >= 0.6 is 22.7 Å². The van der Waals surface area contributed by atoms with Gasteiger partial charge in [-0.05, 0) is 19.1 Å². The number of hydrogen-bond donors (Lipinski definition) is 1. The van der Waals surface area contributed by atoms with Crippen molar-refractivity contribution >= 4 is 27.8 Å². The molecule has 0 aliphatic carbocycles. The fraction of sp³-hybridized carbons (Fsp3) is 0.0909. The Kier molecular flexibility index (Phi) is 2.77. The zero-order valence-corrected chi connectivity index (χ0v) is 11.1. The van der Waals surface area contributed by atoms with Gasteiger partial charge in [-0.1, -0.05) is 17.4 Å². The molecule has 2 N–H and O–H groups in total. The molecule has 0 aliphatic heterocycles. The van der Waals surface area contributed by atoms with Crippen LogP contribution in [-0.2, 0) is 0 Å². The molecule has 18 heavy (non-hydrogen) atoms. The van der Waals surface area contributed by atoms with Crippen molar-refractivity contribution < 1.29 is 0 Å². The molecule has 5 nitrogen and oxygen atoms in total. The van der Waals surface area contributed by atoms with Crippen LogP contribution in [0.25, 0.3) is 20.6 Å². The largest absolute Gasteiger partial charge is 0.374 e. The zero-order chi connectivity index (χ0) is 12.5. The first-order chi connectivity index (χ1) is 8.74. The van der Waals surface area contributed by atoms with Gasteiger partial charge >= 0.3 is 0 Å². The van der Waals surface area contributed by atoms with Crippen LogP contribution in [0.3, 0.4) is 0 Å². The molecule has 90 valence electrons. The summed E-state index contributed by atoms with van der Waals surface area (Å²) in [4.78, 5) is 9.82. The van der Waals surface area contributed by atoms with E-state index in [1.807, 2.05) is 25.1 Å². The maximum absolute atomic E-state index is 5.60. The van der Waals surface area contributed by atoms with E-state index in [4.69, 9.17) is 5.73 Å². The molecule has 3 aromatic heterocycles. The Balaban J connectivity index is 2.06. The molecule has 0 radical (unpaired) electrons. The Bertz CT molecular complexity index is 674. The minimum atomic E-state index is 0.470. The molecular formula is C11H9N5S2. The molecule has 3 rings (SSSR count). The summed E-state index contributed by atoms with van der Waals surface area (Å²) in [5.74, 6) is 0. The van der Waals surface area contributed by atoms with Gasteiger partial charge < -0.3 is 5.73 Å². The summed E-state index contributed by atoms with van der Waals surface area (Å²) >= 11 is 2.93. The molecule has 0 unspecified atom stereocenters. The van der Waals surface area contributed by atoms with E-state index >= 15 is 0 Å². The summed E-state index contributed by atoms with van der Waals surface area (Å²) < 4.78 is 0. The van der Waals surface area contributed by atoms with E-state index in [1.165, 1.54) is 11.3 Å². The highest BCUT2D eigenvalue weighted by Crippen LogP contribution is 2.36. The number of nitrogens with zero attached hydrogens (tertiary/aromatic N) is 4. The topological polar surface area (TPSA) is 77.6 Å². The van der Waals surface area contributed by atoms with Crippen LogP contribution in [-0.4, -0.2) is 20.2 Å². The van der Waals surface area contributed by atoms with Crippen LogP contribution in [0.2, 0.25) is 0 Å². The van der Waals surface area contributed by atoms with E-state index in [0.29, 0.717) is 5.13 Å². The van der Waals surface area contributed by atoms with Gasteiger partial charge in [-0.25, -0.2) is 4.98 Å². The molecular weight excluding hydrogens is 266 g/mol. The second-order valence-corrected chi connectivity index (χ2v) is 5.60. The number of hydrogen-bond acceptors (Lipinski definition) is 7. The van der Waals surface area contributed by atoms with E-state index in [-0.39, 0.29) is 0 Å². The van der Waals surface area contributed by atoms with Gasteiger partial charge in [0.2, 0.25) is 5.13 Å². The lowest BCUT2D eigenvalue weighted by atomic mass is 10.3. The second-order valence-electron chi connectivity index (χ2n) is 3.59. The second kappa shape index (κ2) is 4.43. The van der Waals surface area contributed by atoms with Gasteiger partial charge in [0.25, 0.3) is 0 Å². The number of thiazole rings is 1. The molecule has 0 spiro atoms. The van der Waals surface area contributed by atoms with Crippen molar-refractivity contribution in [3.63, 3.8) is 0 Å². The van der Waals surface area contributed by atoms with Crippen LogP contribution in [0.4, 0.5) is 5.13 Å². The minimum absolute atomic E-state index is 0.470. The standard InChI is InChI=1S/C11H9N5S2/c1-6-8(10-15-16-11(12)18-10)17-9(14-6)7-4-2-3-5-13-7/h2-5H,1H3,(H2,12,16). The Morgan fingerprint density at radius 1 is 1.11 bits per heavy atom. The quantitative estimate of drug-likeness (QED) is 0.777. The number of nitrogen functional groups attached to an aromatic ring is 1. The summed E-state index contributed by atoms with van der Waals surface area (Å²) in [6.45, 7) is 1.95. The Hall–Kier alpha value is -1.86. The first-order valence-corrected chi connectivity index (χ1v) is 6.85. The highest BCUT2D eigenvalue weighted by Gasteiger charge is 2.15. The average Bonchev–Trinajstić information content (AvgIpc) is 2.97. The van der Waals surface area contributed by atoms with Crippen molar-refractivity contribution in [2.75, 3.05) is 5.73 Å². The molecule has 0 aliphatic rings. The van der Waals surface area contributed by atoms with E-state index in [9.17, 15) is 0 Å². The maximum atomic E-state index is 5.60. The summed E-state index contributed by atoms with van der Waals surface area (Å²) in [5.41, 5.74) is 7.40. The fourth-order valence-electron chi connectivity index (χ4n) is 1.52. The number of rotatable bonds is 2. The molecule has 0 saturated heterocycles. The van der Waals surface area contributed by atoms with Gasteiger partial charge in [0, 0.05) is 6.20 Å². The van der Waals surface area contributed by atoms with E-state index in [2.05, 4.69) is 20.2 Å². The maximum Gasteiger partial charge on any atom is 0.203 e. The molecule has 3 heterocycles. The van der Waals surface area contributed by atoms with Crippen molar-refractivity contribution in [3.8, 4) is 20.6 Å². The van der Waals surface area contributed by atoms with Crippen LogP contribution in [0.1, 0.15) is 5.69 Å². The molecule has 3 aromatic rings. The van der Waals surface area contributed by atoms with E-state index in [0.717, 1.165) is 26.3 Å². The summed E-state index contributed by atoms with van der Waals surface area (Å²) in [7, 11) is 0. The first-order valence-electron chi connectivity index (χ1n) is 5.22. The van der Waals surface area contributed by atoms with Crippen LogP contribution in [0, 0.1) is 6.92 Å². The smallest absolute Gasteiger partial charge is 0.203 e. The predicted molar refractivity (Wildman–Crippen MR) is 73.4 cm³/mol. The number of pyridine rings is 1. The number of anilines is 1. The van der Waals surface area contributed by atoms with Crippen LogP contribution < -0.4 is 5.73 Å². The highest BCUT2D eigenvalue weighted by molar-refractivity contribution is 7.24. The fourth-order valence-corrected chi connectivity index (χ4v) is 3.29. The molecule has 7 heteroatoms. The molecule has 0 fully saturated rings. The highest BCUT2D eigenvalue weighted by atomic mass is 32.1. The van der Waals surface area contributed by atoms with Crippen molar-refractivity contribution in [3.05, 3.63) is 30.1 Å². The SMILES string of the molecule is Cc1nc(-c2ccccn2)sc1-c1nnc(N)s1. The van der Waals surface area contributed by atoms with Gasteiger partial charge in [-0.15, -0.1) is 21.5 Å². The molecule has 0 bridgehead atoms. The van der Waals surface area contributed by atoms with Gasteiger partial charge in [0.05, 0.1) is 16.3 Å². The lowest BCUT2D eigenvalue weighted by Gasteiger charge is -1.91. The Morgan fingerprint density at radius 2 is 2.00 bits per heavy atom. The Morgan fingerprint density at radius 3 is 2.67 bits per heavy atom. The number of aromatic nitrogens is 4. The predicted octanol–water partition coefficient (Wildman–Crippen LogP) is 2.61. The zero-order valence-electron chi connectivity index (χ0n) is 9.49. The number of nitrogens with two attached hydrogens (primary N) is 1. The monoisotopic (exact) mass is 275 g/mol. The summed E-state index contributed by atoms with van der Waals surface area (Å²) in [6, 6.07) is 5.77. The van der Waals surface area contributed by atoms with Crippen molar-refractivity contribution in [2.24, 2.45) is 0 Å². The summed E-state index contributed by atoms with van der Waals surface area (Å²) in [5, 5.41) is 10.0. The molecule has 0 amide bonds. The van der Waals surface area contributed by atoms with E-state index < -0.39 is 0 Å². The average molecular weight is 275 g/mol. The molecule has 0 aromatic carbocycles. The lowest BCUT2D eigenvalue weighted by Crippen LogP contribution is -1.81. The van der Waals surface area contributed by atoms with Crippen molar-refractivity contribution in [1.29, 1.82) is 0 Å². The van der Waals surface area contributed by atoms with Gasteiger partial charge in [-0.3, -0.25) is 4.98 Å². The molecule has 0 atom stereocenters. The van der Waals surface area contributed by atoms with Crippen LogP contribution in [0.5, 0.6) is 0 Å². The van der Waals surface area contributed by atoms with E-state index in [1.54, 1.807) is 17.5 Å². The third kappa shape index (κ3) is 1.98. The molecule has 0 saturated carbocycles. The first kappa shape index (κ1) is 11.2.